The lowest BCUT2D eigenvalue weighted by Crippen LogP contribution is -2.37. The molecule has 34 heavy (non-hydrogen) atoms. The number of amides is 1. The van der Waals surface area contributed by atoms with Gasteiger partial charge in [0.15, 0.2) is 5.82 Å². The summed E-state index contributed by atoms with van der Waals surface area (Å²) in [6.45, 7) is 4.51. The van der Waals surface area contributed by atoms with Crippen LogP contribution in [0.15, 0.2) is 33.8 Å². The average Bonchev–Trinajstić information content (AvgIpc) is 3.29. The zero-order chi connectivity index (χ0) is 23.3. The fourth-order valence-electron chi connectivity index (χ4n) is 4.36. The van der Waals surface area contributed by atoms with Crippen LogP contribution in [0.4, 0.5) is 11.8 Å². The second-order valence-electron chi connectivity index (χ2n) is 8.73. The highest BCUT2D eigenvalue weighted by atomic mass is 16.5. The standard InChI is InChI=1S/C24H29N7O3/c1-16-6-5-7-17(14-16)15-25-30-24-28-20-19(21(29-24)31-10-12-33-13-11-31)34-23(27-20)22(32)26-18-8-3-2-4-9-18/h5-7,14-15,18H,2-4,8-13H2,1H3,(H,26,32)(H,28,29,30)/b25-15+. The van der Waals surface area contributed by atoms with E-state index in [-0.39, 0.29) is 23.8 Å². The molecule has 1 aliphatic heterocycles. The molecular weight excluding hydrogens is 434 g/mol. The molecule has 2 aromatic heterocycles. The molecule has 2 N–H and O–H groups in total. The van der Waals surface area contributed by atoms with Gasteiger partial charge in [-0.15, -0.1) is 0 Å². The smallest absolute Gasteiger partial charge is 0.307 e. The van der Waals surface area contributed by atoms with Gasteiger partial charge in [-0.2, -0.15) is 20.1 Å². The molecule has 2 fully saturated rings. The van der Waals surface area contributed by atoms with Crippen molar-refractivity contribution in [2.24, 2.45) is 5.10 Å². The first-order valence-corrected chi connectivity index (χ1v) is 11.8. The van der Waals surface area contributed by atoms with Gasteiger partial charge in [0.2, 0.25) is 17.2 Å². The fraction of sp³-hybridized carbons (Fsp3) is 0.458. The number of morpholine rings is 1. The van der Waals surface area contributed by atoms with Crippen LogP contribution >= 0.6 is 0 Å². The van der Waals surface area contributed by atoms with Crippen LogP contribution in [0.25, 0.3) is 11.2 Å². The molecule has 10 nitrogen and oxygen atoms in total. The van der Waals surface area contributed by atoms with E-state index >= 15 is 0 Å². The molecule has 1 aromatic carbocycles. The summed E-state index contributed by atoms with van der Waals surface area (Å²) >= 11 is 0. The molecule has 0 spiro atoms. The van der Waals surface area contributed by atoms with Gasteiger partial charge < -0.3 is 19.4 Å². The van der Waals surface area contributed by atoms with E-state index in [9.17, 15) is 4.79 Å². The highest BCUT2D eigenvalue weighted by Gasteiger charge is 2.25. The number of aromatic nitrogens is 3. The maximum absolute atomic E-state index is 12.8. The van der Waals surface area contributed by atoms with Crippen LogP contribution in [0.1, 0.15) is 53.9 Å². The minimum Gasteiger partial charge on any atom is -0.427 e. The van der Waals surface area contributed by atoms with Crippen LogP contribution in [0.3, 0.4) is 0 Å². The van der Waals surface area contributed by atoms with Crippen LogP contribution in [0, 0.1) is 6.92 Å². The van der Waals surface area contributed by atoms with Crippen LogP contribution in [-0.4, -0.2) is 59.4 Å². The monoisotopic (exact) mass is 463 g/mol. The predicted octanol–water partition coefficient (Wildman–Crippen LogP) is 3.27. The molecule has 178 valence electrons. The number of fused-ring (bicyclic) bond motifs is 1. The van der Waals surface area contributed by atoms with Crippen LogP contribution in [0.2, 0.25) is 0 Å². The first-order valence-electron chi connectivity index (χ1n) is 11.8. The first-order chi connectivity index (χ1) is 16.7. The first kappa shape index (κ1) is 22.3. The lowest BCUT2D eigenvalue weighted by atomic mass is 9.95. The number of carbonyl (C=O) groups is 1. The average molecular weight is 464 g/mol. The normalized spacial score (nSPS) is 17.4. The summed E-state index contributed by atoms with van der Waals surface area (Å²) < 4.78 is 11.4. The Morgan fingerprint density at radius 1 is 1.15 bits per heavy atom. The van der Waals surface area contributed by atoms with E-state index in [0.29, 0.717) is 43.4 Å². The number of hydrogen-bond donors (Lipinski definition) is 2. The lowest BCUT2D eigenvalue weighted by molar-refractivity contribution is 0.0894. The predicted molar refractivity (Wildman–Crippen MR) is 129 cm³/mol. The highest BCUT2D eigenvalue weighted by molar-refractivity contribution is 5.94. The van der Waals surface area contributed by atoms with Crippen molar-refractivity contribution in [2.75, 3.05) is 36.6 Å². The number of ether oxygens (including phenoxy) is 1. The van der Waals surface area contributed by atoms with Gasteiger partial charge in [-0.25, -0.2) is 5.43 Å². The van der Waals surface area contributed by atoms with Crippen LogP contribution < -0.4 is 15.6 Å². The minimum atomic E-state index is -0.315. The number of aryl methyl sites for hydroxylation is 1. The number of carbonyl (C=O) groups excluding carboxylic acids is 1. The van der Waals surface area contributed by atoms with Crippen LogP contribution in [0.5, 0.6) is 0 Å². The molecule has 1 saturated heterocycles. The van der Waals surface area contributed by atoms with Crippen LogP contribution in [-0.2, 0) is 4.74 Å². The third-order valence-electron chi connectivity index (χ3n) is 6.10. The van der Waals surface area contributed by atoms with E-state index < -0.39 is 0 Å². The number of hydrogen-bond acceptors (Lipinski definition) is 9. The molecule has 0 atom stereocenters. The summed E-state index contributed by atoms with van der Waals surface area (Å²) in [7, 11) is 0. The van der Waals surface area contributed by atoms with Crippen molar-refractivity contribution in [1.82, 2.24) is 20.3 Å². The SMILES string of the molecule is Cc1cccc(/C=N/Nc2nc(N3CCOCC3)c3oc(C(=O)NC4CCCCC4)nc3n2)c1. The highest BCUT2D eigenvalue weighted by Crippen LogP contribution is 2.27. The van der Waals surface area contributed by atoms with Gasteiger partial charge >= 0.3 is 5.91 Å². The Balaban J connectivity index is 1.41. The molecule has 0 unspecified atom stereocenters. The van der Waals surface area contributed by atoms with Crippen molar-refractivity contribution in [1.29, 1.82) is 0 Å². The number of rotatable bonds is 6. The third-order valence-corrected chi connectivity index (χ3v) is 6.10. The van der Waals surface area contributed by atoms with E-state index in [1.807, 2.05) is 31.2 Å². The zero-order valence-corrected chi connectivity index (χ0v) is 19.3. The number of anilines is 2. The van der Waals surface area contributed by atoms with Crippen molar-refractivity contribution in [3.8, 4) is 0 Å². The van der Waals surface area contributed by atoms with Gasteiger partial charge in [-0.3, -0.25) is 4.79 Å². The molecular formula is C24H29N7O3. The second-order valence-corrected chi connectivity index (χ2v) is 8.73. The molecule has 10 heteroatoms. The van der Waals surface area contributed by atoms with Crippen molar-refractivity contribution < 1.29 is 13.9 Å². The molecule has 5 rings (SSSR count). The van der Waals surface area contributed by atoms with Crippen molar-refractivity contribution in [2.45, 2.75) is 45.1 Å². The van der Waals surface area contributed by atoms with Gasteiger partial charge in [0.25, 0.3) is 5.89 Å². The number of oxazole rings is 1. The van der Waals surface area contributed by atoms with Gasteiger partial charge in [0, 0.05) is 19.1 Å². The molecule has 1 amide bonds. The second kappa shape index (κ2) is 10.2. The largest absolute Gasteiger partial charge is 0.427 e. The quantitative estimate of drug-likeness (QED) is 0.422. The lowest BCUT2D eigenvalue weighted by Gasteiger charge is -2.27. The molecule has 1 aliphatic carbocycles. The Kier molecular flexibility index (Phi) is 6.66. The summed E-state index contributed by atoms with van der Waals surface area (Å²) in [4.78, 5) is 28.3. The summed E-state index contributed by atoms with van der Waals surface area (Å²) in [6, 6.07) is 8.17. The van der Waals surface area contributed by atoms with E-state index in [1.165, 1.54) is 6.42 Å². The molecule has 2 aliphatic rings. The number of nitrogens with one attached hydrogen (secondary N) is 2. The van der Waals surface area contributed by atoms with E-state index in [1.54, 1.807) is 6.21 Å². The summed E-state index contributed by atoms with van der Waals surface area (Å²) in [5.74, 6) is 0.547. The van der Waals surface area contributed by atoms with Crippen molar-refractivity contribution in [3.05, 3.63) is 41.3 Å². The molecule has 0 bridgehead atoms. The number of nitrogens with zero attached hydrogens (tertiary/aromatic N) is 5. The Morgan fingerprint density at radius 3 is 2.76 bits per heavy atom. The maximum Gasteiger partial charge on any atom is 0.307 e. The Hall–Kier alpha value is -3.53. The number of hydrazone groups is 1. The van der Waals surface area contributed by atoms with Crippen molar-refractivity contribution in [3.63, 3.8) is 0 Å². The van der Waals surface area contributed by atoms with Gasteiger partial charge in [0.05, 0.1) is 19.4 Å². The maximum atomic E-state index is 12.8. The number of benzene rings is 1. The fourth-order valence-corrected chi connectivity index (χ4v) is 4.36. The summed E-state index contributed by atoms with van der Waals surface area (Å²) in [5.41, 5.74) is 5.72. The molecule has 0 radical (unpaired) electrons. The zero-order valence-electron chi connectivity index (χ0n) is 19.3. The summed E-state index contributed by atoms with van der Waals surface area (Å²) in [5, 5.41) is 7.33. The molecule has 3 heterocycles. The van der Waals surface area contributed by atoms with Gasteiger partial charge in [-0.1, -0.05) is 49.1 Å². The van der Waals surface area contributed by atoms with E-state index in [2.05, 4.69) is 35.7 Å². The Labute approximate surface area is 197 Å². The minimum absolute atomic E-state index is 0.00444. The topological polar surface area (TPSA) is 118 Å². The third kappa shape index (κ3) is 5.17. The van der Waals surface area contributed by atoms with Gasteiger partial charge in [-0.05, 0) is 25.3 Å². The summed E-state index contributed by atoms with van der Waals surface area (Å²) in [6.07, 6.45) is 7.15. The Morgan fingerprint density at radius 2 is 1.97 bits per heavy atom. The molecule has 3 aromatic rings. The van der Waals surface area contributed by atoms with E-state index in [4.69, 9.17) is 9.15 Å². The van der Waals surface area contributed by atoms with Gasteiger partial charge in [0.1, 0.15) is 0 Å². The Bertz CT molecular complexity index is 1180. The van der Waals surface area contributed by atoms with Crippen molar-refractivity contribution >= 4 is 35.1 Å². The van der Waals surface area contributed by atoms with E-state index in [0.717, 1.165) is 36.8 Å². The molecule has 1 saturated carbocycles.